The standard InChI is InChI=1S/C9H6BrF2N3S/c10-8-14-15-9(16-8)13-4-5-1-2-6(11)7(12)3-5/h1-3H,4H2,(H,13,15). The summed E-state index contributed by atoms with van der Waals surface area (Å²) in [5, 5.41) is 11.1. The van der Waals surface area contributed by atoms with Crippen LogP contribution in [-0.4, -0.2) is 10.2 Å². The molecule has 0 saturated heterocycles. The molecule has 1 aromatic carbocycles. The van der Waals surface area contributed by atoms with E-state index < -0.39 is 11.6 Å². The van der Waals surface area contributed by atoms with Gasteiger partial charge in [-0.25, -0.2) is 8.78 Å². The topological polar surface area (TPSA) is 37.8 Å². The molecule has 1 aromatic heterocycles. The molecule has 84 valence electrons. The van der Waals surface area contributed by atoms with Gasteiger partial charge in [0.05, 0.1) is 0 Å². The van der Waals surface area contributed by atoms with Gasteiger partial charge in [0, 0.05) is 6.54 Å². The van der Waals surface area contributed by atoms with Crippen LogP contribution < -0.4 is 5.32 Å². The summed E-state index contributed by atoms with van der Waals surface area (Å²) in [6.45, 7) is 0.374. The van der Waals surface area contributed by atoms with Crippen molar-refractivity contribution < 1.29 is 8.78 Å². The smallest absolute Gasteiger partial charge is 0.206 e. The van der Waals surface area contributed by atoms with E-state index in [1.54, 1.807) is 0 Å². The number of nitrogens with one attached hydrogen (secondary N) is 1. The fourth-order valence-corrected chi connectivity index (χ4v) is 2.11. The molecule has 0 amide bonds. The summed E-state index contributed by atoms with van der Waals surface area (Å²) in [7, 11) is 0. The molecule has 3 nitrogen and oxygen atoms in total. The van der Waals surface area contributed by atoms with Crippen molar-refractivity contribution in [1.82, 2.24) is 10.2 Å². The molecule has 2 aromatic rings. The van der Waals surface area contributed by atoms with Crippen molar-refractivity contribution in [3.8, 4) is 0 Å². The maximum atomic E-state index is 12.9. The largest absolute Gasteiger partial charge is 0.356 e. The van der Waals surface area contributed by atoms with Gasteiger partial charge in [-0.2, -0.15) is 0 Å². The summed E-state index contributed by atoms with van der Waals surface area (Å²) < 4.78 is 26.2. The normalized spacial score (nSPS) is 10.4. The van der Waals surface area contributed by atoms with Gasteiger partial charge in [-0.1, -0.05) is 17.4 Å². The molecule has 0 spiro atoms. The Hall–Kier alpha value is -1.08. The average Bonchev–Trinajstić information content (AvgIpc) is 2.66. The van der Waals surface area contributed by atoms with Gasteiger partial charge < -0.3 is 5.32 Å². The van der Waals surface area contributed by atoms with E-state index in [4.69, 9.17) is 0 Å². The van der Waals surface area contributed by atoms with Crippen molar-refractivity contribution in [3.05, 3.63) is 39.3 Å². The van der Waals surface area contributed by atoms with Crippen molar-refractivity contribution >= 4 is 32.4 Å². The van der Waals surface area contributed by atoms with E-state index in [0.717, 1.165) is 12.1 Å². The number of nitrogens with zero attached hydrogens (tertiary/aromatic N) is 2. The number of benzene rings is 1. The molecule has 0 aliphatic rings. The summed E-state index contributed by atoms with van der Waals surface area (Å²) in [4.78, 5) is 0. The van der Waals surface area contributed by atoms with E-state index >= 15 is 0 Å². The van der Waals surface area contributed by atoms with Crippen LogP contribution in [0.3, 0.4) is 0 Å². The van der Waals surface area contributed by atoms with Gasteiger partial charge in [-0.15, -0.1) is 10.2 Å². The fourth-order valence-electron chi connectivity index (χ4n) is 1.10. The maximum absolute atomic E-state index is 12.9. The monoisotopic (exact) mass is 305 g/mol. The van der Waals surface area contributed by atoms with Crippen LogP contribution in [0.5, 0.6) is 0 Å². The molecule has 0 fully saturated rings. The van der Waals surface area contributed by atoms with Crippen LogP contribution in [0.25, 0.3) is 0 Å². The van der Waals surface area contributed by atoms with Crippen molar-refractivity contribution in [2.24, 2.45) is 0 Å². The van der Waals surface area contributed by atoms with E-state index in [-0.39, 0.29) is 0 Å². The Balaban J connectivity index is 2.02. The number of hydrogen-bond acceptors (Lipinski definition) is 4. The molecular formula is C9H6BrF2N3S. The van der Waals surface area contributed by atoms with E-state index in [1.165, 1.54) is 17.4 Å². The van der Waals surface area contributed by atoms with Crippen LogP contribution in [0.1, 0.15) is 5.56 Å². The number of anilines is 1. The molecule has 2 rings (SSSR count). The second-order valence-corrected chi connectivity index (χ2v) is 5.22. The van der Waals surface area contributed by atoms with E-state index in [9.17, 15) is 8.78 Å². The SMILES string of the molecule is Fc1ccc(CNc2nnc(Br)s2)cc1F. The summed E-state index contributed by atoms with van der Waals surface area (Å²) in [6.07, 6.45) is 0. The van der Waals surface area contributed by atoms with Crippen LogP contribution in [-0.2, 0) is 6.54 Å². The molecule has 1 N–H and O–H groups in total. The van der Waals surface area contributed by atoms with Gasteiger partial charge in [-0.05, 0) is 33.6 Å². The Morgan fingerprint density at radius 2 is 2.06 bits per heavy atom. The van der Waals surface area contributed by atoms with Crippen molar-refractivity contribution in [2.75, 3.05) is 5.32 Å². The molecule has 16 heavy (non-hydrogen) atoms. The van der Waals surface area contributed by atoms with Crippen molar-refractivity contribution in [3.63, 3.8) is 0 Å². The number of hydrogen-bond donors (Lipinski definition) is 1. The second kappa shape index (κ2) is 4.84. The minimum Gasteiger partial charge on any atom is -0.356 e. The Bertz CT molecular complexity index is 503. The minimum absolute atomic E-state index is 0.374. The zero-order valence-electron chi connectivity index (χ0n) is 7.88. The fraction of sp³-hybridized carbons (Fsp3) is 0.111. The first-order chi connectivity index (χ1) is 7.65. The van der Waals surface area contributed by atoms with Crippen LogP contribution >= 0.6 is 27.3 Å². The Morgan fingerprint density at radius 1 is 1.25 bits per heavy atom. The lowest BCUT2D eigenvalue weighted by Crippen LogP contribution is -2.00. The lowest BCUT2D eigenvalue weighted by molar-refractivity contribution is 0.507. The molecule has 0 unspecified atom stereocenters. The highest BCUT2D eigenvalue weighted by atomic mass is 79.9. The first kappa shape index (κ1) is 11.4. The molecule has 7 heteroatoms. The van der Waals surface area contributed by atoms with Gasteiger partial charge in [-0.3, -0.25) is 0 Å². The third kappa shape index (κ3) is 2.73. The molecule has 0 radical (unpaired) electrons. The van der Waals surface area contributed by atoms with Crippen LogP contribution in [0, 0.1) is 11.6 Å². The van der Waals surface area contributed by atoms with Crippen LogP contribution in [0.4, 0.5) is 13.9 Å². The lowest BCUT2D eigenvalue weighted by Gasteiger charge is -2.02. The first-order valence-corrected chi connectivity index (χ1v) is 5.93. The molecule has 0 atom stereocenters. The third-order valence-electron chi connectivity index (χ3n) is 1.83. The number of aromatic nitrogens is 2. The van der Waals surface area contributed by atoms with Gasteiger partial charge in [0.2, 0.25) is 5.13 Å². The zero-order chi connectivity index (χ0) is 11.5. The molecule has 0 bridgehead atoms. The highest BCUT2D eigenvalue weighted by Gasteiger charge is 2.04. The average molecular weight is 306 g/mol. The van der Waals surface area contributed by atoms with Crippen molar-refractivity contribution in [2.45, 2.75) is 6.54 Å². The quantitative estimate of drug-likeness (QED) is 0.946. The summed E-state index contributed by atoms with van der Waals surface area (Å²) in [5.74, 6) is -1.69. The van der Waals surface area contributed by atoms with Crippen LogP contribution in [0.15, 0.2) is 22.1 Å². The van der Waals surface area contributed by atoms with Gasteiger partial charge in [0.1, 0.15) is 0 Å². The number of rotatable bonds is 3. The minimum atomic E-state index is -0.849. The highest BCUT2D eigenvalue weighted by Crippen LogP contribution is 2.20. The van der Waals surface area contributed by atoms with E-state index in [2.05, 4.69) is 31.4 Å². The number of halogens is 3. The van der Waals surface area contributed by atoms with Gasteiger partial charge in [0.25, 0.3) is 0 Å². The zero-order valence-corrected chi connectivity index (χ0v) is 10.3. The Morgan fingerprint density at radius 3 is 2.69 bits per heavy atom. The summed E-state index contributed by atoms with van der Waals surface area (Å²) >= 11 is 4.50. The molecule has 0 aliphatic carbocycles. The summed E-state index contributed by atoms with van der Waals surface area (Å²) in [6, 6.07) is 3.77. The highest BCUT2D eigenvalue weighted by molar-refractivity contribution is 9.11. The van der Waals surface area contributed by atoms with E-state index in [0.29, 0.717) is 21.2 Å². The second-order valence-electron chi connectivity index (χ2n) is 2.96. The molecule has 0 aliphatic heterocycles. The molecule has 0 saturated carbocycles. The molecule has 1 heterocycles. The van der Waals surface area contributed by atoms with Crippen molar-refractivity contribution in [1.29, 1.82) is 0 Å². The van der Waals surface area contributed by atoms with Crippen LogP contribution in [0.2, 0.25) is 0 Å². The molecular weight excluding hydrogens is 300 g/mol. The predicted molar refractivity (Wildman–Crippen MR) is 61.3 cm³/mol. The van der Waals surface area contributed by atoms with Gasteiger partial charge in [0.15, 0.2) is 15.6 Å². The third-order valence-corrected chi connectivity index (χ3v) is 3.14. The van der Waals surface area contributed by atoms with E-state index in [1.807, 2.05) is 0 Å². The van der Waals surface area contributed by atoms with Gasteiger partial charge >= 0.3 is 0 Å². The predicted octanol–water partition coefficient (Wildman–Crippen LogP) is 3.19. The Labute approximate surface area is 103 Å². The lowest BCUT2D eigenvalue weighted by atomic mass is 10.2. The Kier molecular flexibility index (Phi) is 3.45. The maximum Gasteiger partial charge on any atom is 0.206 e. The summed E-state index contributed by atoms with van der Waals surface area (Å²) in [5.41, 5.74) is 0.644. The first-order valence-electron chi connectivity index (χ1n) is 4.32.